The van der Waals surface area contributed by atoms with Crippen molar-refractivity contribution in [3.05, 3.63) is 35.9 Å². The summed E-state index contributed by atoms with van der Waals surface area (Å²) in [6, 6.07) is 9.77. The summed E-state index contributed by atoms with van der Waals surface area (Å²) < 4.78 is 0. The predicted molar refractivity (Wildman–Crippen MR) is 66.6 cm³/mol. The van der Waals surface area contributed by atoms with E-state index >= 15 is 0 Å². The number of urea groups is 1. The molecule has 0 saturated carbocycles. The molecule has 5 N–H and O–H groups in total. The minimum atomic E-state index is -0.448. The van der Waals surface area contributed by atoms with Crippen molar-refractivity contribution in [1.82, 2.24) is 21.2 Å². The van der Waals surface area contributed by atoms with Gasteiger partial charge in [-0.3, -0.25) is 10.9 Å². The number of amides is 2. The van der Waals surface area contributed by atoms with E-state index in [9.17, 15) is 4.79 Å². The molecule has 0 bridgehead atoms. The van der Waals surface area contributed by atoms with E-state index in [1.165, 1.54) is 5.56 Å². The van der Waals surface area contributed by atoms with Crippen molar-refractivity contribution in [3.63, 3.8) is 0 Å². The van der Waals surface area contributed by atoms with E-state index in [4.69, 9.17) is 5.84 Å². The van der Waals surface area contributed by atoms with Crippen LogP contribution < -0.4 is 22.1 Å². The van der Waals surface area contributed by atoms with Gasteiger partial charge in [0.1, 0.15) is 0 Å². The second kappa shape index (κ2) is 7.61. The van der Waals surface area contributed by atoms with E-state index in [1.54, 1.807) is 0 Å². The Bertz CT molecular complexity index is 330. The molecule has 1 rings (SSSR count). The van der Waals surface area contributed by atoms with E-state index in [-0.39, 0.29) is 0 Å². The second-order valence-corrected chi connectivity index (χ2v) is 3.75. The fraction of sp³-hybridized carbons (Fsp3) is 0.364. The fourth-order valence-corrected chi connectivity index (χ4v) is 1.40. The first-order valence-corrected chi connectivity index (χ1v) is 5.44. The Morgan fingerprint density at radius 2 is 2.06 bits per heavy atom. The number of hydrogen-bond donors (Lipinski definition) is 4. The molecular weight excluding hydrogens is 218 g/mol. The summed E-state index contributed by atoms with van der Waals surface area (Å²) in [5.74, 6) is 4.90. The van der Waals surface area contributed by atoms with Gasteiger partial charge >= 0.3 is 6.03 Å². The van der Waals surface area contributed by atoms with Crippen LogP contribution in [0.15, 0.2) is 30.3 Å². The number of hydrogen-bond acceptors (Lipinski definition) is 4. The molecule has 0 unspecified atom stereocenters. The van der Waals surface area contributed by atoms with Gasteiger partial charge in [-0.05, 0) is 12.6 Å². The lowest BCUT2D eigenvalue weighted by Gasteiger charge is -2.17. The van der Waals surface area contributed by atoms with Crippen molar-refractivity contribution in [3.8, 4) is 0 Å². The highest BCUT2D eigenvalue weighted by atomic mass is 16.2. The number of likely N-dealkylation sites (N-methyl/N-ethyl adjacent to an activating group) is 1. The standard InChI is InChI=1S/C11H19N5O/c1-16(8-7-13-15-11(17)14-12)9-10-5-3-2-4-6-10/h2-6,13H,7-9,12H2,1H3,(H2,14,15,17). The summed E-state index contributed by atoms with van der Waals surface area (Å²) in [6.45, 7) is 2.35. The molecule has 0 aromatic heterocycles. The number of carbonyl (C=O) groups is 1. The van der Waals surface area contributed by atoms with Gasteiger partial charge in [0, 0.05) is 19.6 Å². The highest BCUT2D eigenvalue weighted by Gasteiger charge is 2.00. The van der Waals surface area contributed by atoms with Gasteiger partial charge in [-0.1, -0.05) is 30.3 Å². The maximum Gasteiger partial charge on any atom is 0.343 e. The quantitative estimate of drug-likeness (QED) is 0.239. The molecule has 0 heterocycles. The molecule has 0 atom stereocenters. The van der Waals surface area contributed by atoms with Gasteiger partial charge in [0.05, 0.1) is 0 Å². The third-order valence-corrected chi connectivity index (χ3v) is 2.25. The van der Waals surface area contributed by atoms with E-state index < -0.39 is 6.03 Å². The monoisotopic (exact) mass is 237 g/mol. The molecule has 0 radical (unpaired) electrons. The zero-order valence-electron chi connectivity index (χ0n) is 9.94. The normalized spacial score (nSPS) is 10.3. The SMILES string of the molecule is CN(CCNNC(=O)NN)Cc1ccccc1. The van der Waals surface area contributed by atoms with E-state index in [2.05, 4.69) is 27.9 Å². The molecule has 0 spiro atoms. The number of nitrogens with one attached hydrogen (secondary N) is 3. The van der Waals surface area contributed by atoms with Gasteiger partial charge in [-0.15, -0.1) is 0 Å². The minimum absolute atomic E-state index is 0.448. The summed E-state index contributed by atoms with van der Waals surface area (Å²) in [5, 5.41) is 0. The van der Waals surface area contributed by atoms with Crippen LogP contribution in [-0.4, -0.2) is 31.1 Å². The molecule has 17 heavy (non-hydrogen) atoms. The van der Waals surface area contributed by atoms with Gasteiger partial charge in [-0.2, -0.15) is 0 Å². The Balaban J connectivity index is 2.13. The number of rotatable bonds is 6. The lowest BCUT2D eigenvalue weighted by atomic mass is 10.2. The molecular formula is C11H19N5O. The smallest absolute Gasteiger partial charge is 0.301 e. The maximum atomic E-state index is 10.7. The highest BCUT2D eigenvalue weighted by Crippen LogP contribution is 2.01. The van der Waals surface area contributed by atoms with Crippen LogP contribution in [-0.2, 0) is 6.54 Å². The van der Waals surface area contributed by atoms with Crippen LogP contribution in [0.1, 0.15) is 5.56 Å². The van der Waals surface area contributed by atoms with Crippen LogP contribution >= 0.6 is 0 Å². The second-order valence-electron chi connectivity index (χ2n) is 3.75. The lowest BCUT2D eigenvalue weighted by Crippen LogP contribution is -2.48. The molecule has 94 valence electrons. The Labute approximate surface area is 101 Å². The first kappa shape index (κ1) is 13.4. The van der Waals surface area contributed by atoms with E-state index in [0.717, 1.165) is 13.1 Å². The minimum Gasteiger partial charge on any atom is -0.301 e. The summed E-state index contributed by atoms with van der Waals surface area (Å²) in [5.41, 5.74) is 8.40. The number of nitrogens with zero attached hydrogens (tertiary/aromatic N) is 1. The van der Waals surface area contributed by atoms with E-state index in [1.807, 2.05) is 30.7 Å². The van der Waals surface area contributed by atoms with Gasteiger partial charge in [0.2, 0.25) is 0 Å². The van der Waals surface area contributed by atoms with Crippen molar-refractivity contribution in [1.29, 1.82) is 0 Å². The predicted octanol–water partition coefficient (Wildman–Crippen LogP) is -0.204. The lowest BCUT2D eigenvalue weighted by molar-refractivity contribution is 0.234. The average molecular weight is 237 g/mol. The number of nitrogens with two attached hydrogens (primary N) is 1. The molecule has 0 aliphatic heterocycles. The molecule has 0 aliphatic carbocycles. The van der Waals surface area contributed by atoms with Gasteiger partial charge in [0.15, 0.2) is 0 Å². The average Bonchev–Trinajstić information content (AvgIpc) is 2.35. The van der Waals surface area contributed by atoms with Crippen LogP contribution in [0.5, 0.6) is 0 Å². The maximum absolute atomic E-state index is 10.7. The Hall–Kier alpha value is -1.63. The molecule has 6 heteroatoms. The topological polar surface area (TPSA) is 82.4 Å². The van der Waals surface area contributed by atoms with Crippen LogP contribution in [0, 0.1) is 0 Å². The van der Waals surface area contributed by atoms with Crippen molar-refractivity contribution in [2.24, 2.45) is 5.84 Å². The fourth-order valence-electron chi connectivity index (χ4n) is 1.40. The molecule has 2 amide bonds. The first-order valence-electron chi connectivity index (χ1n) is 5.44. The third kappa shape index (κ3) is 5.86. The van der Waals surface area contributed by atoms with Gasteiger partial charge < -0.3 is 4.90 Å². The molecule has 0 fully saturated rings. The van der Waals surface area contributed by atoms with Crippen molar-refractivity contribution in [2.45, 2.75) is 6.54 Å². The number of hydrazine groups is 2. The van der Waals surface area contributed by atoms with Crippen molar-refractivity contribution >= 4 is 6.03 Å². The summed E-state index contributed by atoms with van der Waals surface area (Å²) in [6.07, 6.45) is 0. The molecule has 0 saturated heterocycles. The van der Waals surface area contributed by atoms with E-state index in [0.29, 0.717) is 6.54 Å². The van der Waals surface area contributed by atoms with Crippen LogP contribution in [0.4, 0.5) is 4.79 Å². The van der Waals surface area contributed by atoms with Crippen LogP contribution in [0.3, 0.4) is 0 Å². The van der Waals surface area contributed by atoms with Crippen molar-refractivity contribution in [2.75, 3.05) is 20.1 Å². The largest absolute Gasteiger partial charge is 0.343 e. The molecule has 1 aromatic rings. The molecule has 6 nitrogen and oxygen atoms in total. The third-order valence-electron chi connectivity index (χ3n) is 2.25. The highest BCUT2D eigenvalue weighted by molar-refractivity contribution is 5.72. The van der Waals surface area contributed by atoms with Gasteiger partial charge in [-0.25, -0.2) is 16.1 Å². The number of benzene rings is 1. The summed E-state index contributed by atoms with van der Waals surface area (Å²) in [7, 11) is 2.03. The Kier molecular flexibility index (Phi) is 6.02. The Morgan fingerprint density at radius 3 is 2.71 bits per heavy atom. The first-order chi connectivity index (χ1) is 8.22. The van der Waals surface area contributed by atoms with Crippen LogP contribution in [0.2, 0.25) is 0 Å². The number of carbonyl (C=O) groups excluding carboxylic acids is 1. The zero-order valence-corrected chi connectivity index (χ0v) is 9.94. The summed E-state index contributed by atoms with van der Waals surface area (Å²) in [4.78, 5) is 12.9. The Morgan fingerprint density at radius 1 is 1.35 bits per heavy atom. The van der Waals surface area contributed by atoms with Gasteiger partial charge in [0.25, 0.3) is 0 Å². The zero-order chi connectivity index (χ0) is 12.5. The summed E-state index contributed by atoms with van der Waals surface area (Å²) >= 11 is 0. The van der Waals surface area contributed by atoms with Crippen molar-refractivity contribution < 1.29 is 4.79 Å². The van der Waals surface area contributed by atoms with Crippen LogP contribution in [0.25, 0.3) is 0 Å². The molecule has 0 aliphatic rings. The molecule has 1 aromatic carbocycles.